The van der Waals surface area contributed by atoms with E-state index in [1.54, 1.807) is 22.6 Å². The van der Waals surface area contributed by atoms with Crippen LogP contribution >= 0.6 is 11.6 Å². The van der Waals surface area contributed by atoms with Gasteiger partial charge in [0.05, 0.1) is 0 Å². The van der Waals surface area contributed by atoms with E-state index in [0.717, 1.165) is 38.4 Å². The van der Waals surface area contributed by atoms with Crippen molar-refractivity contribution in [2.24, 2.45) is 0 Å². The predicted octanol–water partition coefficient (Wildman–Crippen LogP) is 5.08. The largest absolute Gasteiger partial charge is 0.322 e. The topological polar surface area (TPSA) is 65.8 Å². The second-order valence-corrected chi connectivity index (χ2v) is 11.4. The van der Waals surface area contributed by atoms with E-state index < -0.39 is 0 Å². The maximum absolute atomic E-state index is 13.2. The molecule has 0 radical (unpaired) electrons. The summed E-state index contributed by atoms with van der Waals surface area (Å²) in [6, 6.07) is 18.9. The van der Waals surface area contributed by atoms with Crippen LogP contribution in [0.3, 0.4) is 0 Å². The summed E-state index contributed by atoms with van der Waals surface area (Å²) in [6.45, 7) is 11.9. The lowest BCUT2D eigenvalue weighted by atomic mass is 9.83. The molecule has 7 nitrogen and oxygen atoms in total. The van der Waals surface area contributed by atoms with E-state index in [0.29, 0.717) is 27.8 Å². The van der Waals surface area contributed by atoms with Gasteiger partial charge in [0.25, 0.3) is 5.91 Å². The van der Waals surface area contributed by atoms with Gasteiger partial charge in [0.15, 0.2) is 5.65 Å². The van der Waals surface area contributed by atoms with E-state index in [1.807, 2.05) is 30.3 Å². The van der Waals surface area contributed by atoms with Gasteiger partial charge in [-0.25, -0.2) is 0 Å². The molecule has 2 aromatic carbocycles. The summed E-state index contributed by atoms with van der Waals surface area (Å²) >= 11 is 6.29. The predicted molar refractivity (Wildman–Crippen MR) is 156 cm³/mol. The Morgan fingerprint density at radius 2 is 1.74 bits per heavy atom. The van der Waals surface area contributed by atoms with Gasteiger partial charge in [-0.15, -0.1) is 10.2 Å². The van der Waals surface area contributed by atoms with Crippen LogP contribution < -0.4 is 5.32 Å². The van der Waals surface area contributed by atoms with Crippen molar-refractivity contribution in [2.45, 2.75) is 32.7 Å². The van der Waals surface area contributed by atoms with Crippen LogP contribution in [0.4, 0.5) is 5.69 Å². The Morgan fingerprint density at radius 1 is 0.974 bits per heavy atom. The quantitative estimate of drug-likeness (QED) is 0.289. The molecule has 8 heteroatoms. The van der Waals surface area contributed by atoms with Crippen molar-refractivity contribution in [1.29, 1.82) is 0 Å². The number of rotatable bonds is 4. The lowest BCUT2D eigenvalue weighted by Gasteiger charge is -2.34. The molecule has 0 bridgehead atoms. The minimum atomic E-state index is -0.179. The number of aromatic nitrogens is 3. The molecule has 0 atom stereocenters. The summed E-state index contributed by atoms with van der Waals surface area (Å²) in [5.74, 6) is 6.37. The average Bonchev–Trinajstić information content (AvgIpc) is 3.33. The van der Waals surface area contributed by atoms with Crippen molar-refractivity contribution in [3.05, 3.63) is 93.9 Å². The van der Waals surface area contributed by atoms with Gasteiger partial charge >= 0.3 is 0 Å². The molecule has 1 N–H and O–H groups in total. The lowest BCUT2D eigenvalue weighted by Crippen LogP contribution is -2.44. The van der Waals surface area contributed by atoms with Gasteiger partial charge in [0.1, 0.15) is 5.15 Å². The molecule has 1 aliphatic rings. The van der Waals surface area contributed by atoms with Crippen LogP contribution in [-0.4, -0.2) is 63.5 Å². The summed E-state index contributed by atoms with van der Waals surface area (Å²) in [7, 11) is 2.17. The second kappa shape index (κ2) is 11.2. The Hall–Kier alpha value is -3.70. The van der Waals surface area contributed by atoms with Gasteiger partial charge in [0, 0.05) is 49.5 Å². The fourth-order valence-corrected chi connectivity index (χ4v) is 5.03. The highest BCUT2D eigenvalue weighted by atomic mass is 35.5. The first-order valence-electron chi connectivity index (χ1n) is 13.1. The molecule has 2 aromatic heterocycles. The van der Waals surface area contributed by atoms with E-state index in [2.05, 4.69) is 77.1 Å². The van der Waals surface area contributed by atoms with Crippen molar-refractivity contribution in [3.63, 3.8) is 0 Å². The molecule has 0 aliphatic carbocycles. The normalized spacial score (nSPS) is 14.7. The zero-order valence-electron chi connectivity index (χ0n) is 22.8. The summed E-state index contributed by atoms with van der Waals surface area (Å²) in [5.41, 5.74) is 5.15. The zero-order chi connectivity index (χ0) is 27.6. The van der Waals surface area contributed by atoms with Gasteiger partial charge in [-0.05, 0) is 72.0 Å². The standard InChI is InChI=1S/C31H33ClN6O/c1-31(2,3)26-20-25(13-12-24(26)21-37-17-15-36(4)16-18-37)33-30(39)23-8-5-7-22(19-23)11-14-29-35-34-28-10-6-9-27(32)38(28)29/h5-10,12-13,19-20H,15-18,21H2,1-4H3,(H,33,39). The molecular weight excluding hydrogens is 508 g/mol. The first kappa shape index (κ1) is 26.9. The molecular formula is C31H33ClN6O. The number of nitrogens with one attached hydrogen (secondary N) is 1. The molecule has 1 fully saturated rings. The van der Waals surface area contributed by atoms with Crippen molar-refractivity contribution in [3.8, 4) is 11.8 Å². The van der Waals surface area contributed by atoms with Crippen molar-refractivity contribution >= 4 is 28.8 Å². The number of fused-ring (bicyclic) bond motifs is 1. The molecule has 0 spiro atoms. The van der Waals surface area contributed by atoms with Crippen LogP contribution in [0.2, 0.25) is 5.15 Å². The molecule has 4 aromatic rings. The lowest BCUT2D eigenvalue weighted by molar-refractivity contribution is 0.102. The van der Waals surface area contributed by atoms with Gasteiger partial charge < -0.3 is 10.2 Å². The fraction of sp³-hybridized carbons (Fsp3) is 0.323. The molecule has 1 amide bonds. The van der Waals surface area contributed by atoms with Crippen LogP contribution in [0.1, 0.15) is 53.6 Å². The van der Waals surface area contributed by atoms with E-state index in [9.17, 15) is 4.79 Å². The number of hydrogen-bond donors (Lipinski definition) is 1. The van der Waals surface area contributed by atoms with Crippen LogP contribution in [0.25, 0.3) is 5.65 Å². The molecule has 0 saturated carbocycles. The Labute approximate surface area is 234 Å². The average molecular weight is 541 g/mol. The molecule has 1 saturated heterocycles. The Kier molecular flexibility index (Phi) is 7.72. The van der Waals surface area contributed by atoms with Gasteiger partial charge in [-0.3, -0.25) is 14.1 Å². The Bertz CT molecular complexity index is 1570. The molecule has 200 valence electrons. The fourth-order valence-electron chi connectivity index (χ4n) is 4.79. The second-order valence-electron chi connectivity index (χ2n) is 11.1. The maximum Gasteiger partial charge on any atom is 0.255 e. The van der Waals surface area contributed by atoms with Gasteiger partial charge in [0.2, 0.25) is 5.82 Å². The smallest absolute Gasteiger partial charge is 0.255 e. The first-order chi connectivity index (χ1) is 18.7. The highest BCUT2D eigenvalue weighted by molar-refractivity contribution is 6.29. The summed E-state index contributed by atoms with van der Waals surface area (Å²) < 4.78 is 1.69. The molecule has 5 rings (SSSR count). The number of pyridine rings is 1. The Balaban J connectivity index is 1.33. The van der Waals surface area contributed by atoms with E-state index in [-0.39, 0.29) is 11.3 Å². The number of hydrogen-bond acceptors (Lipinski definition) is 5. The number of nitrogens with zero attached hydrogens (tertiary/aromatic N) is 5. The number of piperazine rings is 1. The number of carbonyl (C=O) groups is 1. The van der Waals surface area contributed by atoms with Gasteiger partial charge in [-0.1, -0.05) is 56.5 Å². The third-order valence-corrected chi connectivity index (χ3v) is 7.28. The molecule has 1 aliphatic heterocycles. The first-order valence-corrected chi connectivity index (χ1v) is 13.5. The van der Waals surface area contributed by atoms with Crippen molar-refractivity contribution < 1.29 is 4.79 Å². The summed E-state index contributed by atoms with van der Waals surface area (Å²) in [4.78, 5) is 18.1. The number of amides is 1. The van der Waals surface area contributed by atoms with Crippen molar-refractivity contribution in [1.82, 2.24) is 24.4 Å². The number of benzene rings is 2. The minimum absolute atomic E-state index is 0.0487. The molecule has 39 heavy (non-hydrogen) atoms. The summed E-state index contributed by atoms with van der Waals surface area (Å²) in [6.07, 6.45) is 0. The van der Waals surface area contributed by atoms with Crippen LogP contribution in [0.15, 0.2) is 60.7 Å². The van der Waals surface area contributed by atoms with E-state index in [4.69, 9.17) is 11.6 Å². The number of likely N-dealkylation sites (N-methyl/N-ethyl adjacent to an activating group) is 1. The molecule has 0 unspecified atom stereocenters. The van der Waals surface area contributed by atoms with E-state index >= 15 is 0 Å². The zero-order valence-corrected chi connectivity index (χ0v) is 23.6. The third-order valence-electron chi connectivity index (χ3n) is 6.99. The minimum Gasteiger partial charge on any atom is -0.322 e. The number of anilines is 1. The maximum atomic E-state index is 13.2. The SMILES string of the molecule is CN1CCN(Cc2ccc(NC(=O)c3cccc(C#Cc4nnc5cccc(Cl)n45)c3)cc2C(C)(C)C)CC1. The van der Waals surface area contributed by atoms with Crippen LogP contribution in [0, 0.1) is 11.8 Å². The highest BCUT2D eigenvalue weighted by Crippen LogP contribution is 2.30. The molecule has 3 heterocycles. The highest BCUT2D eigenvalue weighted by Gasteiger charge is 2.22. The summed E-state index contributed by atoms with van der Waals surface area (Å²) in [5, 5.41) is 11.8. The van der Waals surface area contributed by atoms with Crippen LogP contribution in [0.5, 0.6) is 0 Å². The monoisotopic (exact) mass is 540 g/mol. The number of carbonyl (C=O) groups excluding carboxylic acids is 1. The Morgan fingerprint density at radius 3 is 2.51 bits per heavy atom. The van der Waals surface area contributed by atoms with Gasteiger partial charge in [-0.2, -0.15) is 0 Å². The number of halogens is 1. The third kappa shape index (κ3) is 6.31. The van der Waals surface area contributed by atoms with Crippen molar-refractivity contribution in [2.75, 3.05) is 38.5 Å². The van der Waals surface area contributed by atoms with Crippen LogP contribution in [-0.2, 0) is 12.0 Å². The van der Waals surface area contributed by atoms with E-state index in [1.165, 1.54) is 11.1 Å².